The van der Waals surface area contributed by atoms with Gasteiger partial charge in [0.25, 0.3) is 0 Å². The fraction of sp³-hybridized carbons (Fsp3) is 0.786. The van der Waals surface area contributed by atoms with Crippen molar-refractivity contribution >= 4 is 22.9 Å². The molecule has 19 heavy (non-hydrogen) atoms. The molecule has 106 valence electrons. The van der Waals surface area contributed by atoms with Crippen LogP contribution in [-0.2, 0) is 5.88 Å². The number of halogens is 1. The van der Waals surface area contributed by atoms with Crippen molar-refractivity contribution in [2.75, 3.05) is 20.1 Å². The second kappa shape index (κ2) is 5.68. The lowest BCUT2D eigenvalue weighted by Gasteiger charge is -2.29. The van der Waals surface area contributed by atoms with Gasteiger partial charge in [0.05, 0.1) is 17.6 Å². The zero-order valence-corrected chi connectivity index (χ0v) is 13.3. The molecule has 3 rings (SSSR count). The van der Waals surface area contributed by atoms with E-state index in [2.05, 4.69) is 34.1 Å². The molecule has 3 heterocycles. The summed E-state index contributed by atoms with van der Waals surface area (Å²) < 4.78 is 0. The SMILES string of the molecule is CC(c1nc(CCl)cs1)N1CCC2CCC(C1)N2C. The minimum Gasteiger partial charge on any atom is -0.299 e. The molecule has 5 heteroatoms. The first kappa shape index (κ1) is 13.8. The third kappa shape index (κ3) is 2.68. The number of alkyl halides is 1. The molecule has 2 saturated heterocycles. The number of aromatic nitrogens is 1. The number of hydrogen-bond acceptors (Lipinski definition) is 4. The Morgan fingerprint density at radius 3 is 2.95 bits per heavy atom. The second-order valence-electron chi connectivity index (χ2n) is 5.82. The first-order chi connectivity index (χ1) is 9.19. The molecule has 0 aliphatic carbocycles. The van der Waals surface area contributed by atoms with Crippen molar-refractivity contribution in [1.29, 1.82) is 0 Å². The van der Waals surface area contributed by atoms with E-state index >= 15 is 0 Å². The highest BCUT2D eigenvalue weighted by Crippen LogP contribution is 2.33. The average molecular weight is 300 g/mol. The van der Waals surface area contributed by atoms with Gasteiger partial charge in [-0.25, -0.2) is 4.98 Å². The quantitative estimate of drug-likeness (QED) is 0.800. The Bertz CT molecular complexity index is 436. The van der Waals surface area contributed by atoms with Gasteiger partial charge in [-0.2, -0.15) is 0 Å². The van der Waals surface area contributed by atoms with E-state index in [9.17, 15) is 0 Å². The molecule has 2 bridgehead atoms. The molecule has 3 unspecified atom stereocenters. The van der Waals surface area contributed by atoms with Gasteiger partial charge in [0.1, 0.15) is 5.01 Å². The van der Waals surface area contributed by atoms with E-state index in [0.717, 1.165) is 17.8 Å². The van der Waals surface area contributed by atoms with Gasteiger partial charge in [0.2, 0.25) is 0 Å². The molecule has 0 spiro atoms. The maximum Gasteiger partial charge on any atom is 0.110 e. The van der Waals surface area contributed by atoms with Crippen LogP contribution in [0.4, 0.5) is 0 Å². The van der Waals surface area contributed by atoms with Gasteiger partial charge in [-0.3, -0.25) is 9.80 Å². The molecule has 0 N–H and O–H groups in total. The Morgan fingerprint density at radius 1 is 1.42 bits per heavy atom. The summed E-state index contributed by atoms with van der Waals surface area (Å²) in [6.45, 7) is 4.67. The van der Waals surface area contributed by atoms with Crippen molar-refractivity contribution in [1.82, 2.24) is 14.8 Å². The molecule has 1 aromatic rings. The third-order valence-electron chi connectivity index (χ3n) is 4.79. The van der Waals surface area contributed by atoms with Gasteiger partial charge in [-0.05, 0) is 33.2 Å². The number of nitrogens with zero attached hydrogens (tertiary/aromatic N) is 3. The minimum atomic E-state index is 0.426. The summed E-state index contributed by atoms with van der Waals surface area (Å²) in [5.74, 6) is 0.524. The zero-order valence-electron chi connectivity index (χ0n) is 11.7. The number of rotatable bonds is 3. The van der Waals surface area contributed by atoms with Crippen molar-refractivity contribution in [3.8, 4) is 0 Å². The van der Waals surface area contributed by atoms with Crippen molar-refractivity contribution < 1.29 is 0 Å². The van der Waals surface area contributed by atoms with Crippen molar-refractivity contribution in [2.45, 2.75) is 50.2 Å². The summed E-state index contributed by atoms with van der Waals surface area (Å²) in [4.78, 5) is 9.85. The van der Waals surface area contributed by atoms with E-state index in [4.69, 9.17) is 11.6 Å². The lowest BCUT2D eigenvalue weighted by Crippen LogP contribution is -2.37. The largest absolute Gasteiger partial charge is 0.299 e. The van der Waals surface area contributed by atoms with Gasteiger partial charge in [-0.1, -0.05) is 0 Å². The van der Waals surface area contributed by atoms with Crippen LogP contribution >= 0.6 is 22.9 Å². The van der Waals surface area contributed by atoms with Crippen LogP contribution in [0.25, 0.3) is 0 Å². The Balaban J connectivity index is 1.71. The van der Waals surface area contributed by atoms with E-state index < -0.39 is 0 Å². The topological polar surface area (TPSA) is 19.4 Å². The fourth-order valence-electron chi connectivity index (χ4n) is 3.42. The summed E-state index contributed by atoms with van der Waals surface area (Å²) in [6.07, 6.45) is 4.04. The van der Waals surface area contributed by atoms with E-state index in [0.29, 0.717) is 11.9 Å². The summed E-state index contributed by atoms with van der Waals surface area (Å²) in [6, 6.07) is 1.97. The smallest absolute Gasteiger partial charge is 0.110 e. The number of thiazole rings is 1. The van der Waals surface area contributed by atoms with Crippen LogP contribution in [0.5, 0.6) is 0 Å². The summed E-state index contributed by atoms with van der Waals surface area (Å²) in [5.41, 5.74) is 1.02. The highest BCUT2D eigenvalue weighted by Gasteiger charge is 2.36. The van der Waals surface area contributed by atoms with Gasteiger partial charge in [-0.15, -0.1) is 22.9 Å². The molecule has 0 amide bonds. The molecular weight excluding hydrogens is 278 g/mol. The number of likely N-dealkylation sites (tertiary alicyclic amines) is 1. The summed E-state index contributed by atoms with van der Waals surface area (Å²) in [5, 5.41) is 3.31. The zero-order chi connectivity index (χ0) is 13.4. The average Bonchev–Trinajstić information content (AvgIpc) is 2.95. The monoisotopic (exact) mass is 299 g/mol. The van der Waals surface area contributed by atoms with Crippen LogP contribution in [0, 0.1) is 0 Å². The number of likely N-dealkylation sites (N-methyl/N-ethyl adjacent to an activating group) is 1. The van der Waals surface area contributed by atoms with Gasteiger partial charge < -0.3 is 0 Å². The minimum absolute atomic E-state index is 0.426. The number of fused-ring (bicyclic) bond motifs is 2. The van der Waals surface area contributed by atoms with Gasteiger partial charge in [0, 0.05) is 30.6 Å². The van der Waals surface area contributed by atoms with Gasteiger partial charge in [0.15, 0.2) is 0 Å². The molecular formula is C14H22ClN3S. The molecule has 2 aliphatic rings. The van der Waals surface area contributed by atoms with E-state index in [1.165, 1.54) is 37.4 Å². The maximum atomic E-state index is 5.85. The van der Waals surface area contributed by atoms with Crippen molar-refractivity contribution in [2.24, 2.45) is 0 Å². The van der Waals surface area contributed by atoms with Crippen LogP contribution in [0.1, 0.15) is 42.9 Å². The van der Waals surface area contributed by atoms with Crippen molar-refractivity contribution in [3.63, 3.8) is 0 Å². The standard InChI is InChI=1S/C14H22ClN3S/c1-10(14-16-11(7-15)9-19-14)18-6-5-12-3-4-13(8-18)17(12)2/h9-10,12-13H,3-8H2,1-2H3. The first-order valence-corrected chi connectivity index (χ1v) is 8.56. The normalized spacial score (nSPS) is 30.5. The highest BCUT2D eigenvalue weighted by atomic mass is 35.5. The van der Waals surface area contributed by atoms with Crippen LogP contribution in [0.15, 0.2) is 5.38 Å². The van der Waals surface area contributed by atoms with Crippen LogP contribution in [0.3, 0.4) is 0 Å². The molecule has 3 atom stereocenters. The molecule has 2 aliphatic heterocycles. The van der Waals surface area contributed by atoms with E-state index in [1.807, 2.05) is 0 Å². The molecule has 3 nitrogen and oxygen atoms in total. The lowest BCUT2D eigenvalue weighted by molar-refractivity contribution is 0.181. The summed E-state index contributed by atoms with van der Waals surface area (Å²) >= 11 is 7.60. The van der Waals surface area contributed by atoms with Crippen LogP contribution < -0.4 is 0 Å². The Hall–Kier alpha value is -0.160. The Kier molecular flexibility index (Phi) is 4.13. The Labute approximate surface area is 124 Å². The van der Waals surface area contributed by atoms with Crippen molar-refractivity contribution in [3.05, 3.63) is 16.1 Å². The first-order valence-electron chi connectivity index (χ1n) is 7.15. The highest BCUT2D eigenvalue weighted by molar-refractivity contribution is 7.09. The molecule has 1 aromatic heterocycles. The van der Waals surface area contributed by atoms with E-state index in [-0.39, 0.29) is 0 Å². The Morgan fingerprint density at radius 2 is 2.21 bits per heavy atom. The van der Waals surface area contributed by atoms with Crippen LogP contribution in [0.2, 0.25) is 0 Å². The molecule has 2 fully saturated rings. The fourth-order valence-corrected chi connectivity index (χ4v) is 4.56. The number of hydrogen-bond donors (Lipinski definition) is 0. The molecule has 0 aromatic carbocycles. The van der Waals surface area contributed by atoms with Gasteiger partial charge >= 0.3 is 0 Å². The predicted octanol–water partition coefficient (Wildman–Crippen LogP) is 3.11. The van der Waals surface area contributed by atoms with E-state index in [1.54, 1.807) is 11.3 Å². The third-order valence-corrected chi connectivity index (χ3v) is 6.13. The predicted molar refractivity (Wildman–Crippen MR) is 80.8 cm³/mol. The second-order valence-corrected chi connectivity index (χ2v) is 6.98. The molecule has 0 radical (unpaired) electrons. The summed E-state index contributed by atoms with van der Waals surface area (Å²) in [7, 11) is 2.30. The maximum absolute atomic E-state index is 5.85. The lowest BCUT2D eigenvalue weighted by atomic mass is 10.1. The van der Waals surface area contributed by atoms with Crippen LogP contribution in [-0.4, -0.2) is 47.0 Å². The molecule has 0 saturated carbocycles.